The topological polar surface area (TPSA) is 54.3 Å². The van der Waals surface area contributed by atoms with Gasteiger partial charge in [-0.2, -0.15) is 0 Å². The summed E-state index contributed by atoms with van der Waals surface area (Å²) in [5.41, 5.74) is 1.94. The van der Waals surface area contributed by atoms with E-state index in [1.807, 2.05) is 30.3 Å². The van der Waals surface area contributed by atoms with Gasteiger partial charge in [-0.1, -0.05) is 35.0 Å². The van der Waals surface area contributed by atoms with Crippen LogP contribution in [0.25, 0.3) is 0 Å². The summed E-state index contributed by atoms with van der Waals surface area (Å²) in [4.78, 5) is 7.62. The summed E-state index contributed by atoms with van der Waals surface area (Å²) >= 11 is 5.90. The van der Waals surface area contributed by atoms with Crippen LogP contribution in [0.1, 0.15) is 12.0 Å². The Hall–Kier alpha value is -1.40. The maximum atomic E-state index is 9.89. The van der Waals surface area contributed by atoms with Crippen LogP contribution in [0.2, 0.25) is 5.02 Å². The number of ether oxygens (including phenoxy) is 1. The molecule has 0 saturated carbocycles. The van der Waals surface area contributed by atoms with Crippen molar-refractivity contribution in [2.24, 2.45) is 5.16 Å². The minimum atomic E-state index is -0.530. The average molecular weight is 339 g/mol. The first-order chi connectivity index (χ1) is 11.1. The van der Waals surface area contributed by atoms with Gasteiger partial charge in [0.2, 0.25) is 0 Å². The van der Waals surface area contributed by atoms with Crippen LogP contribution in [0.5, 0.6) is 0 Å². The molecule has 0 aromatic heterocycles. The molecule has 0 aliphatic carbocycles. The lowest BCUT2D eigenvalue weighted by atomic mass is 10.0. The lowest BCUT2D eigenvalue weighted by Gasteiger charge is -2.25. The largest absolute Gasteiger partial charge is 0.390 e. The molecule has 1 aliphatic rings. The van der Waals surface area contributed by atoms with E-state index in [0.29, 0.717) is 31.3 Å². The predicted molar refractivity (Wildman–Crippen MR) is 92.0 cm³/mol. The van der Waals surface area contributed by atoms with Gasteiger partial charge in [-0.25, -0.2) is 0 Å². The van der Waals surface area contributed by atoms with Crippen molar-refractivity contribution in [2.75, 3.05) is 33.4 Å². The monoisotopic (exact) mass is 338 g/mol. The van der Waals surface area contributed by atoms with Crippen LogP contribution >= 0.6 is 11.6 Å². The number of hydrogen-bond donors (Lipinski definition) is 1. The Bertz CT molecular complexity index is 533. The summed E-state index contributed by atoms with van der Waals surface area (Å²) < 4.78 is 4.97. The first-order valence-corrected chi connectivity index (χ1v) is 7.99. The summed E-state index contributed by atoms with van der Waals surface area (Å²) in [7, 11) is 1.58. The molecule has 0 spiro atoms. The van der Waals surface area contributed by atoms with Gasteiger partial charge in [0.05, 0.1) is 18.4 Å². The Morgan fingerprint density at radius 2 is 2.26 bits per heavy atom. The summed E-state index contributed by atoms with van der Waals surface area (Å²) in [6, 6.07) is 7.57. The van der Waals surface area contributed by atoms with E-state index >= 15 is 0 Å². The Labute approximate surface area is 142 Å². The highest BCUT2D eigenvalue weighted by Crippen LogP contribution is 2.19. The summed E-state index contributed by atoms with van der Waals surface area (Å²) in [6.07, 6.45) is 1.99. The number of aliphatic hydroxyl groups excluding tert-OH is 1. The van der Waals surface area contributed by atoms with Gasteiger partial charge in [0, 0.05) is 38.2 Å². The fourth-order valence-corrected chi connectivity index (χ4v) is 2.70. The molecule has 0 saturated heterocycles. The average Bonchev–Trinajstić information content (AvgIpc) is 2.97. The molecule has 1 heterocycles. The summed E-state index contributed by atoms with van der Waals surface area (Å²) in [5, 5.41) is 14.8. The van der Waals surface area contributed by atoms with Gasteiger partial charge in [0.25, 0.3) is 0 Å². The van der Waals surface area contributed by atoms with Gasteiger partial charge in [-0.15, -0.1) is 6.58 Å². The number of halogens is 1. The van der Waals surface area contributed by atoms with E-state index in [9.17, 15) is 5.11 Å². The molecule has 0 bridgehead atoms. The molecule has 1 aromatic rings. The number of oxime groups is 1. The maximum Gasteiger partial charge on any atom is 0.145 e. The molecule has 0 fully saturated rings. The Kier molecular flexibility index (Phi) is 7.05. The fourth-order valence-electron chi connectivity index (χ4n) is 2.58. The van der Waals surface area contributed by atoms with Crippen molar-refractivity contribution < 1.29 is 14.7 Å². The van der Waals surface area contributed by atoms with E-state index in [2.05, 4.69) is 16.6 Å². The minimum Gasteiger partial charge on any atom is -0.390 e. The number of hydrogen-bond acceptors (Lipinski definition) is 5. The van der Waals surface area contributed by atoms with Crippen LogP contribution in [0.4, 0.5) is 0 Å². The van der Waals surface area contributed by atoms with Gasteiger partial charge in [0.1, 0.15) is 6.10 Å². The highest BCUT2D eigenvalue weighted by atomic mass is 35.5. The molecule has 0 amide bonds. The molecule has 6 heteroatoms. The van der Waals surface area contributed by atoms with Crippen LogP contribution < -0.4 is 0 Å². The third-order valence-electron chi connectivity index (χ3n) is 3.59. The Balaban J connectivity index is 1.88. The zero-order valence-corrected chi connectivity index (χ0v) is 14.1. The lowest BCUT2D eigenvalue weighted by Crippen LogP contribution is -2.39. The molecule has 1 N–H and O–H groups in total. The molecule has 0 radical (unpaired) electrons. The summed E-state index contributed by atoms with van der Waals surface area (Å²) in [6.45, 7) is 5.94. The smallest absolute Gasteiger partial charge is 0.145 e. The van der Waals surface area contributed by atoms with Crippen molar-refractivity contribution in [3.05, 3.63) is 47.5 Å². The predicted octanol–water partition coefficient (Wildman–Crippen LogP) is 2.33. The SMILES string of the molecule is C=CCN(CC(O)COC)CC1CC(c2ccc(Cl)cc2)=NO1. The molecular weight excluding hydrogens is 316 g/mol. The van der Waals surface area contributed by atoms with E-state index in [1.54, 1.807) is 7.11 Å². The minimum absolute atomic E-state index is 0.0321. The van der Waals surface area contributed by atoms with Gasteiger partial charge >= 0.3 is 0 Å². The van der Waals surface area contributed by atoms with Crippen molar-refractivity contribution in [1.82, 2.24) is 4.90 Å². The fraction of sp³-hybridized carbons (Fsp3) is 0.471. The van der Waals surface area contributed by atoms with Crippen molar-refractivity contribution in [3.63, 3.8) is 0 Å². The quantitative estimate of drug-likeness (QED) is 0.702. The zero-order chi connectivity index (χ0) is 16.7. The summed E-state index contributed by atoms with van der Waals surface area (Å²) in [5.74, 6) is 0. The molecule has 5 nitrogen and oxygen atoms in total. The Morgan fingerprint density at radius 1 is 1.52 bits per heavy atom. The molecule has 2 unspecified atom stereocenters. The first-order valence-electron chi connectivity index (χ1n) is 7.61. The van der Waals surface area contributed by atoms with Crippen molar-refractivity contribution in [2.45, 2.75) is 18.6 Å². The van der Waals surface area contributed by atoms with E-state index in [0.717, 1.165) is 17.7 Å². The van der Waals surface area contributed by atoms with Crippen molar-refractivity contribution in [3.8, 4) is 0 Å². The molecule has 126 valence electrons. The lowest BCUT2D eigenvalue weighted by molar-refractivity contribution is 0.0154. The molecule has 23 heavy (non-hydrogen) atoms. The van der Waals surface area contributed by atoms with Gasteiger partial charge in [0.15, 0.2) is 0 Å². The highest BCUT2D eigenvalue weighted by Gasteiger charge is 2.25. The second-order valence-electron chi connectivity index (χ2n) is 5.59. The first kappa shape index (κ1) is 17.9. The molecule has 2 atom stereocenters. The van der Waals surface area contributed by atoms with Gasteiger partial charge < -0.3 is 14.7 Å². The standard InChI is InChI=1S/C17H23ClN2O3/c1-3-8-20(10-15(21)12-22-2)11-16-9-17(19-23-16)13-4-6-14(18)7-5-13/h3-7,15-16,21H,1,8-12H2,2H3. The molecular formula is C17H23ClN2O3. The van der Waals surface area contributed by atoms with E-state index < -0.39 is 6.10 Å². The number of methoxy groups -OCH3 is 1. The van der Waals surface area contributed by atoms with Gasteiger partial charge in [-0.05, 0) is 17.7 Å². The molecule has 2 rings (SSSR count). The number of rotatable bonds is 9. The van der Waals surface area contributed by atoms with Crippen LogP contribution in [-0.4, -0.2) is 61.3 Å². The maximum absolute atomic E-state index is 9.89. The number of aliphatic hydroxyl groups is 1. The second-order valence-corrected chi connectivity index (χ2v) is 6.03. The Morgan fingerprint density at radius 3 is 2.91 bits per heavy atom. The van der Waals surface area contributed by atoms with E-state index in [4.69, 9.17) is 21.2 Å². The highest BCUT2D eigenvalue weighted by molar-refractivity contribution is 6.30. The van der Waals surface area contributed by atoms with Crippen molar-refractivity contribution >= 4 is 17.3 Å². The van der Waals surface area contributed by atoms with Crippen LogP contribution in [0.3, 0.4) is 0 Å². The van der Waals surface area contributed by atoms with Crippen LogP contribution in [0, 0.1) is 0 Å². The zero-order valence-electron chi connectivity index (χ0n) is 13.3. The van der Waals surface area contributed by atoms with E-state index in [-0.39, 0.29) is 6.10 Å². The van der Waals surface area contributed by atoms with Gasteiger partial charge in [-0.3, -0.25) is 4.90 Å². The molecule has 1 aliphatic heterocycles. The third kappa shape index (κ3) is 5.62. The molecule has 1 aromatic carbocycles. The third-order valence-corrected chi connectivity index (χ3v) is 3.84. The normalized spacial score (nSPS) is 18.6. The van der Waals surface area contributed by atoms with E-state index in [1.165, 1.54) is 0 Å². The van der Waals surface area contributed by atoms with Crippen molar-refractivity contribution in [1.29, 1.82) is 0 Å². The van der Waals surface area contributed by atoms with Crippen LogP contribution in [0.15, 0.2) is 42.1 Å². The number of benzene rings is 1. The number of nitrogens with zero attached hydrogens (tertiary/aromatic N) is 2. The second kappa shape index (κ2) is 9.03. The van der Waals surface area contributed by atoms with Crippen LogP contribution in [-0.2, 0) is 9.57 Å².